The molecule has 0 fully saturated rings. The molecule has 0 saturated heterocycles. The molecule has 0 aliphatic carbocycles. The fourth-order valence-corrected chi connectivity index (χ4v) is 4.74. The molecule has 0 bridgehead atoms. The van der Waals surface area contributed by atoms with Gasteiger partial charge in [-0.1, -0.05) is 35.9 Å². The van der Waals surface area contributed by atoms with Crippen molar-refractivity contribution >= 4 is 28.4 Å². The van der Waals surface area contributed by atoms with Crippen molar-refractivity contribution in [1.82, 2.24) is 15.3 Å². The second-order valence-corrected chi connectivity index (χ2v) is 9.11. The molecule has 5 aromatic rings. The summed E-state index contributed by atoms with van der Waals surface area (Å²) in [7, 11) is 0. The summed E-state index contributed by atoms with van der Waals surface area (Å²) in [6.45, 7) is 0. The number of nitrogens with zero attached hydrogens (tertiary/aromatic N) is 1. The Morgan fingerprint density at radius 2 is 1.68 bits per heavy atom. The van der Waals surface area contributed by atoms with Crippen molar-refractivity contribution in [2.75, 3.05) is 0 Å². The average molecular weight is 520 g/mol. The van der Waals surface area contributed by atoms with Crippen molar-refractivity contribution in [3.05, 3.63) is 124 Å². The first-order valence-corrected chi connectivity index (χ1v) is 11.9. The summed E-state index contributed by atoms with van der Waals surface area (Å²) in [6.07, 6.45) is 3.29. The highest BCUT2D eigenvalue weighted by atomic mass is 35.5. The molecule has 2 heterocycles. The lowest BCUT2D eigenvalue weighted by atomic mass is 9.95. The van der Waals surface area contributed by atoms with Crippen LogP contribution in [0.3, 0.4) is 0 Å². The van der Waals surface area contributed by atoms with Crippen molar-refractivity contribution in [3.63, 3.8) is 0 Å². The van der Waals surface area contributed by atoms with Crippen LogP contribution in [0, 0.1) is 17.5 Å². The van der Waals surface area contributed by atoms with Crippen LogP contribution in [-0.2, 0) is 17.6 Å². The number of halogens is 4. The number of amides is 1. The van der Waals surface area contributed by atoms with Crippen LogP contribution >= 0.6 is 11.6 Å². The molecular formula is C29H21ClF3N3O. The minimum atomic E-state index is -0.733. The monoisotopic (exact) mass is 519 g/mol. The topological polar surface area (TPSA) is 57.8 Å². The predicted molar refractivity (Wildman–Crippen MR) is 138 cm³/mol. The second kappa shape index (κ2) is 10.5. The molecule has 186 valence electrons. The molecule has 4 nitrogen and oxygen atoms in total. The predicted octanol–water partition coefficient (Wildman–Crippen LogP) is 6.94. The molecular weight excluding hydrogens is 499 g/mol. The van der Waals surface area contributed by atoms with Gasteiger partial charge in [-0.05, 0) is 60.0 Å². The number of H-pyrrole nitrogens is 1. The Morgan fingerprint density at radius 3 is 2.46 bits per heavy atom. The number of nitrogens with one attached hydrogen (secondary N) is 2. The number of pyridine rings is 1. The summed E-state index contributed by atoms with van der Waals surface area (Å²) >= 11 is 6.46. The number of aromatic amines is 1. The van der Waals surface area contributed by atoms with Gasteiger partial charge in [-0.2, -0.15) is 0 Å². The van der Waals surface area contributed by atoms with E-state index in [1.54, 1.807) is 36.7 Å². The molecule has 1 unspecified atom stereocenters. The van der Waals surface area contributed by atoms with Crippen LogP contribution in [0.5, 0.6) is 0 Å². The summed E-state index contributed by atoms with van der Waals surface area (Å²) < 4.78 is 41.8. The lowest BCUT2D eigenvalue weighted by Crippen LogP contribution is -2.32. The maximum atomic E-state index is 14.0. The summed E-state index contributed by atoms with van der Waals surface area (Å²) in [5.41, 5.74) is 3.58. The number of rotatable bonds is 7. The van der Waals surface area contributed by atoms with Crippen LogP contribution in [0.1, 0.15) is 22.9 Å². The molecule has 2 aromatic heterocycles. The van der Waals surface area contributed by atoms with Gasteiger partial charge in [0.15, 0.2) is 0 Å². The number of carbonyl (C=O) groups excluding carboxylic acids is 1. The molecule has 0 spiro atoms. The Morgan fingerprint density at radius 1 is 0.919 bits per heavy atom. The molecule has 0 aliphatic heterocycles. The van der Waals surface area contributed by atoms with Gasteiger partial charge < -0.3 is 10.3 Å². The maximum Gasteiger partial charge on any atom is 0.225 e. The number of hydrogen-bond acceptors (Lipinski definition) is 2. The first-order chi connectivity index (χ1) is 17.9. The van der Waals surface area contributed by atoms with E-state index in [-0.39, 0.29) is 18.7 Å². The smallest absolute Gasteiger partial charge is 0.225 e. The van der Waals surface area contributed by atoms with Crippen LogP contribution in [0.4, 0.5) is 13.2 Å². The Labute approximate surface area is 216 Å². The minimum absolute atomic E-state index is 0.0360. The van der Waals surface area contributed by atoms with Gasteiger partial charge in [-0.15, -0.1) is 0 Å². The first-order valence-electron chi connectivity index (χ1n) is 11.6. The zero-order valence-corrected chi connectivity index (χ0v) is 20.2. The van der Waals surface area contributed by atoms with Gasteiger partial charge >= 0.3 is 0 Å². The fourth-order valence-electron chi connectivity index (χ4n) is 4.50. The van der Waals surface area contributed by atoms with Gasteiger partial charge in [-0.25, -0.2) is 13.2 Å². The number of carbonyl (C=O) groups is 1. The third kappa shape index (κ3) is 5.52. The lowest BCUT2D eigenvalue weighted by Gasteiger charge is -2.22. The van der Waals surface area contributed by atoms with Crippen molar-refractivity contribution in [2.45, 2.75) is 18.9 Å². The molecule has 8 heteroatoms. The second-order valence-electron chi connectivity index (χ2n) is 8.70. The Hall–Kier alpha value is -4.10. The molecule has 3 aromatic carbocycles. The molecule has 0 aliphatic rings. The van der Waals surface area contributed by atoms with Gasteiger partial charge in [0.1, 0.15) is 17.5 Å². The van der Waals surface area contributed by atoms with E-state index in [1.165, 1.54) is 24.3 Å². The van der Waals surface area contributed by atoms with Crippen LogP contribution in [0.25, 0.3) is 22.0 Å². The van der Waals surface area contributed by atoms with Gasteiger partial charge in [0.2, 0.25) is 5.91 Å². The zero-order valence-electron chi connectivity index (χ0n) is 19.4. The molecule has 1 amide bonds. The number of hydrogen-bond donors (Lipinski definition) is 2. The summed E-state index contributed by atoms with van der Waals surface area (Å²) in [6, 6.07) is 17.6. The van der Waals surface area contributed by atoms with E-state index in [2.05, 4.69) is 15.3 Å². The highest BCUT2D eigenvalue weighted by Gasteiger charge is 2.23. The van der Waals surface area contributed by atoms with Crippen molar-refractivity contribution < 1.29 is 18.0 Å². The molecule has 1 atom stereocenters. The van der Waals surface area contributed by atoms with Crippen LogP contribution in [0.15, 0.2) is 85.2 Å². The van der Waals surface area contributed by atoms with Crippen molar-refractivity contribution in [2.24, 2.45) is 0 Å². The third-order valence-electron chi connectivity index (χ3n) is 6.11. The Kier molecular flexibility index (Phi) is 6.97. The highest BCUT2D eigenvalue weighted by Crippen LogP contribution is 2.33. The Balaban J connectivity index is 1.51. The van der Waals surface area contributed by atoms with E-state index in [0.717, 1.165) is 6.07 Å². The fraction of sp³-hybridized carbons (Fsp3) is 0.103. The van der Waals surface area contributed by atoms with Crippen molar-refractivity contribution in [3.8, 4) is 11.1 Å². The van der Waals surface area contributed by atoms with E-state index >= 15 is 0 Å². The molecule has 2 N–H and O–H groups in total. The largest absolute Gasteiger partial charge is 0.361 e. The Bertz CT molecular complexity index is 1580. The maximum absolute atomic E-state index is 14.0. The highest BCUT2D eigenvalue weighted by molar-refractivity contribution is 6.33. The van der Waals surface area contributed by atoms with E-state index in [1.807, 2.05) is 18.2 Å². The molecule has 5 rings (SSSR count). The van der Waals surface area contributed by atoms with E-state index < -0.39 is 23.5 Å². The standard InChI is InChI=1S/C29H21ClF3N3O/c30-25-6-2-1-4-22(25)23-5-3-9-34-29(23)27(12-17-10-20(32)14-21(33)11-17)36-28(37)13-18-16-35-26-8-7-19(31)15-24(18)26/h1-11,14-16,27,35H,12-13H2,(H,36,37). The van der Waals surface area contributed by atoms with Crippen LogP contribution in [0.2, 0.25) is 5.02 Å². The summed E-state index contributed by atoms with van der Waals surface area (Å²) in [4.78, 5) is 20.8. The van der Waals surface area contributed by atoms with Crippen molar-refractivity contribution in [1.29, 1.82) is 0 Å². The van der Waals surface area contributed by atoms with Gasteiger partial charge in [0.25, 0.3) is 0 Å². The lowest BCUT2D eigenvalue weighted by molar-refractivity contribution is -0.121. The molecule has 0 radical (unpaired) electrons. The number of benzene rings is 3. The van der Waals surface area contributed by atoms with Crippen LogP contribution in [-0.4, -0.2) is 15.9 Å². The third-order valence-corrected chi connectivity index (χ3v) is 6.44. The van der Waals surface area contributed by atoms with Gasteiger partial charge in [0.05, 0.1) is 18.2 Å². The first kappa shape index (κ1) is 24.6. The zero-order chi connectivity index (χ0) is 25.9. The summed E-state index contributed by atoms with van der Waals surface area (Å²) in [5.74, 6) is -2.19. The number of aromatic nitrogens is 2. The van der Waals surface area contributed by atoms with E-state index in [4.69, 9.17) is 11.6 Å². The molecule has 37 heavy (non-hydrogen) atoms. The van der Waals surface area contributed by atoms with Crippen LogP contribution < -0.4 is 5.32 Å². The quantitative estimate of drug-likeness (QED) is 0.244. The van der Waals surface area contributed by atoms with Gasteiger partial charge in [-0.3, -0.25) is 9.78 Å². The number of fused-ring (bicyclic) bond motifs is 1. The van der Waals surface area contributed by atoms with E-state index in [0.29, 0.717) is 43.9 Å². The normalized spacial score (nSPS) is 12.0. The minimum Gasteiger partial charge on any atom is -0.361 e. The summed E-state index contributed by atoms with van der Waals surface area (Å²) in [5, 5.41) is 4.08. The molecule has 0 saturated carbocycles. The SMILES string of the molecule is O=C(Cc1c[nH]c2ccc(F)cc12)NC(Cc1cc(F)cc(F)c1)c1ncccc1-c1ccccc1Cl. The van der Waals surface area contributed by atoms with E-state index in [9.17, 15) is 18.0 Å². The van der Waals surface area contributed by atoms with Gasteiger partial charge in [0, 0.05) is 45.5 Å². The average Bonchev–Trinajstić information content (AvgIpc) is 3.25.